The highest BCUT2D eigenvalue weighted by molar-refractivity contribution is 7.89. The Morgan fingerprint density at radius 3 is 1.98 bits per heavy atom. The van der Waals surface area contributed by atoms with E-state index in [4.69, 9.17) is 24.1 Å². The molecule has 24 nitrogen and oxygen atoms in total. The quantitative estimate of drug-likeness (QED) is 0.0747. The van der Waals surface area contributed by atoms with Crippen LogP contribution in [0.3, 0.4) is 0 Å². The van der Waals surface area contributed by atoms with Crippen LogP contribution in [0.1, 0.15) is 104 Å². The van der Waals surface area contributed by atoms with Crippen molar-refractivity contribution >= 4 is 79.5 Å². The molecule has 2 spiro atoms. The molecule has 0 aromatic heterocycles. The number of alkyl halides is 6. The predicted octanol–water partition coefficient (Wildman–Crippen LogP) is 5.28. The number of ether oxygens (including phenoxy) is 4. The van der Waals surface area contributed by atoms with Crippen molar-refractivity contribution in [3.63, 3.8) is 0 Å². The van der Waals surface area contributed by atoms with Gasteiger partial charge in [0.2, 0.25) is 26.0 Å². The number of amides is 4. The Bertz CT molecular complexity index is 3840. The first-order valence-corrected chi connectivity index (χ1v) is 33.8. The number of aromatic carboxylic acids is 1. The molecular weight excluding hydrogens is 1340 g/mol. The Labute approximate surface area is 557 Å². The molecule has 4 aromatic carbocycles. The number of amidine groups is 2. The molecule has 7 bridgehead atoms. The van der Waals surface area contributed by atoms with Gasteiger partial charge < -0.3 is 50.2 Å². The fraction of sp³-hybridized carbons (Fsp3) is 0.492. The molecule has 4 amide bonds. The van der Waals surface area contributed by atoms with Gasteiger partial charge in [-0.25, -0.2) is 30.2 Å². The molecule has 96 heavy (non-hydrogen) atoms. The topological polar surface area (TPSA) is 310 Å². The number of aryl methyl sites for hydroxylation is 4. The molecule has 2 fully saturated rings. The van der Waals surface area contributed by atoms with Gasteiger partial charge in [-0.15, -0.1) is 12.4 Å². The molecule has 11 rings (SSSR count). The van der Waals surface area contributed by atoms with Crippen molar-refractivity contribution in [2.75, 3.05) is 111 Å². The monoisotopic (exact) mass is 1410 g/mol. The number of Topliss-reactive ketones (excluding diaryl/α,β-unsaturated/α-hetero) is 1. The van der Waals surface area contributed by atoms with Crippen LogP contribution in [0.25, 0.3) is 0 Å². The van der Waals surface area contributed by atoms with Crippen molar-refractivity contribution in [1.82, 2.24) is 34.8 Å². The number of nitrogens with zero attached hydrogens (tertiary/aromatic N) is 5. The highest BCUT2D eigenvalue weighted by Gasteiger charge is 2.49. The number of sulfonamides is 2. The molecule has 0 atom stereocenters. The first-order valence-electron chi connectivity index (χ1n) is 30.6. The largest absolute Gasteiger partial charge is 0.491 e. The van der Waals surface area contributed by atoms with Crippen LogP contribution in [-0.2, 0) is 73.9 Å². The second-order valence-corrected chi connectivity index (χ2v) is 27.7. The zero-order valence-corrected chi connectivity index (χ0v) is 55.5. The summed E-state index contributed by atoms with van der Waals surface area (Å²) in [6.45, 7) is 4.15. The van der Waals surface area contributed by atoms with Crippen molar-refractivity contribution in [1.29, 1.82) is 0 Å². The zero-order chi connectivity index (χ0) is 69.1. The molecule has 0 radical (unpaired) electrons. The summed E-state index contributed by atoms with van der Waals surface area (Å²) in [5.41, 5.74) is -1.30. The first-order chi connectivity index (χ1) is 44.8. The van der Waals surface area contributed by atoms with E-state index in [0.29, 0.717) is 23.1 Å². The average Bonchev–Trinajstić information content (AvgIpc) is 1.60. The summed E-state index contributed by atoms with van der Waals surface area (Å²) in [4.78, 5) is 84.7. The molecule has 0 aliphatic carbocycles. The van der Waals surface area contributed by atoms with Crippen molar-refractivity contribution in [3.05, 3.63) is 128 Å². The number of carboxylic acids is 1. The van der Waals surface area contributed by atoms with E-state index >= 15 is 0 Å². The lowest BCUT2D eigenvalue weighted by Gasteiger charge is -2.34. The van der Waals surface area contributed by atoms with Gasteiger partial charge in [0, 0.05) is 69.5 Å². The van der Waals surface area contributed by atoms with Gasteiger partial charge in [-0.2, -0.15) is 26.3 Å². The number of carbonyl (C=O) groups is 6. The van der Waals surface area contributed by atoms with Crippen LogP contribution in [-0.4, -0.2) is 205 Å². The minimum atomic E-state index is -4.71. The summed E-state index contributed by atoms with van der Waals surface area (Å²) in [6, 6.07) is 15.6. The smallest absolute Gasteiger partial charge is 0.416 e. The third kappa shape index (κ3) is 19.6. The van der Waals surface area contributed by atoms with Crippen LogP contribution in [0.5, 0.6) is 11.5 Å². The fourth-order valence-corrected chi connectivity index (χ4v) is 14.3. The number of ketones is 1. The molecule has 7 heterocycles. The van der Waals surface area contributed by atoms with E-state index in [0.717, 1.165) is 35.4 Å². The number of carbonyl (C=O) groups excluding carboxylic acids is 5. The summed E-state index contributed by atoms with van der Waals surface area (Å²) in [6.07, 6.45) is -8.32. The maximum absolute atomic E-state index is 13.8. The van der Waals surface area contributed by atoms with E-state index in [9.17, 15) is 71.9 Å². The fourth-order valence-electron chi connectivity index (χ4n) is 11.3. The molecule has 0 saturated carbocycles. The Morgan fingerprint density at radius 2 is 1.38 bits per heavy atom. The molecule has 2 saturated heterocycles. The zero-order valence-electron chi connectivity index (χ0n) is 53.1. The number of likely N-dealkylation sites (N-methyl/N-ethyl adjacent to an activating group) is 2. The van der Waals surface area contributed by atoms with E-state index in [1.165, 1.54) is 44.8 Å². The lowest BCUT2D eigenvalue weighted by molar-refractivity contribution is -0.138. The summed E-state index contributed by atoms with van der Waals surface area (Å²) >= 11 is 0. The highest BCUT2D eigenvalue weighted by Crippen LogP contribution is 2.38. The van der Waals surface area contributed by atoms with Crippen LogP contribution >= 0.6 is 12.4 Å². The number of hydrogen-bond donors (Lipinski definition) is 5. The van der Waals surface area contributed by atoms with Crippen molar-refractivity contribution in [2.45, 2.75) is 88.6 Å². The van der Waals surface area contributed by atoms with Crippen LogP contribution in [0.4, 0.5) is 26.3 Å². The molecule has 5 N–H and O–H groups in total. The van der Waals surface area contributed by atoms with Gasteiger partial charge in [-0.3, -0.25) is 34.0 Å². The van der Waals surface area contributed by atoms with Gasteiger partial charge in [0.15, 0.2) is 5.78 Å². The van der Waals surface area contributed by atoms with Crippen LogP contribution < -0.4 is 30.7 Å². The number of halogens is 7. The molecule has 4 aromatic rings. The van der Waals surface area contributed by atoms with E-state index in [1.807, 2.05) is 0 Å². The molecular formula is C63H76ClF6N9O15S2. The van der Waals surface area contributed by atoms with Gasteiger partial charge in [-0.05, 0) is 149 Å². The Morgan fingerprint density at radius 1 is 0.750 bits per heavy atom. The number of aliphatic imine (C=N–C) groups is 2. The van der Waals surface area contributed by atoms with E-state index in [2.05, 4.69) is 31.3 Å². The maximum atomic E-state index is 13.8. The van der Waals surface area contributed by atoms with Gasteiger partial charge in [0.05, 0.1) is 61.1 Å². The normalized spacial score (nSPS) is 20.4. The Kier molecular flexibility index (Phi) is 25.4. The summed E-state index contributed by atoms with van der Waals surface area (Å²) in [7, 11) is -4.30. The van der Waals surface area contributed by atoms with Gasteiger partial charge in [0.25, 0.3) is 17.7 Å². The number of hydrogen-bond acceptors (Lipinski definition) is 17. The lowest BCUT2D eigenvalue weighted by atomic mass is 9.89. The van der Waals surface area contributed by atoms with Crippen LogP contribution in [0.2, 0.25) is 0 Å². The van der Waals surface area contributed by atoms with Crippen LogP contribution in [0.15, 0.2) is 82.8 Å². The summed E-state index contributed by atoms with van der Waals surface area (Å²) in [5, 5.41) is 19.7. The van der Waals surface area contributed by atoms with Crippen molar-refractivity contribution in [3.8, 4) is 11.5 Å². The first kappa shape index (κ1) is 75.8. The third-order valence-corrected chi connectivity index (χ3v) is 20.4. The van der Waals surface area contributed by atoms with E-state index in [-0.39, 0.29) is 212 Å². The summed E-state index contributed by atoms with van der Waals surface area (Å²) < 4.78 is 160. The highest BCUT2D eigenvalue weighted by atomic mass is 35.5. The molecule has 0 unspecified atom stereocenters. The number of benzene rings is 4. The maximum Gasteiger partial charge on any atom is 0.416 e. The number of fused-ring (bicyclic) bond motifs is 2. The number of piperidine rings is 2. The minimum absolute atomic E-state index is 0. The van der Waals surface area contributed by atoms with Crippen LogP contribution in [0, 0.1) is 13.8 Å². The molecule has 33 heteroatoms. The second-order valence-electron chi connectivity index (χ2n) is 23.5. The summed E-state index contributed by atoms with van der Waals surface area (Å²) in [5.74, 6) is -3.55. The molecule has 7 aliphatic heterocycles. The van der Waals surface area contributed by atoms with Gasteiger partial charge >= 0.3 is 18.3 Å². The van der Waals surface area contributed by atoms with Crippen molar-refractivity contribution in [2.24, 2.45) is 9.98 Å². The second kappa shape index (κ2) is 32.2. The number of rotatable bonds is 15. The van der Waals surface area contributed by atoms with E-state index < -0.39 is 72.4 Å². The minimum Gasteiger partial charge on any atom is -0.491 e. The van der Waals surface area contributed by atoms with E-state index in [1.54, 1.807) is 45.2 Å². The standard InChI is InChI=1S/C32H37F3N4O7S.C31H38F3N5O8S.ClH/c1-21-16-23-6-5-22(21)7-15-47(43,44)39-10-8-31(9-11-39)30(42)36-28(37-31)24-17-25(32(33,34)35)19-27(18-24)46-14-13-45-12-3-4-26(40)20-38(2)29(23)41;1-20-15-22(28(41)42)4-3-21(20)5-14-48(44,45)39-9-6-30(7-10-39)29(43)37-27(38-30)23-16-24(31(32,33)34)18-25(17-23)47-13-12-46-11-8-36-26(40)19-35-2;/h5-6,16-19H,3-4,7-15,20H2,1-2H3,(H,36,37,42);3-4,15-18,35H,5-14,19H2,1-2H3,(H,36,40)(H,41,42)(H,37,38,43);1H. The number of carboxylic acid groups (broad SMARTS) is 1. The van der Waals surface area contributed by atoms with Gasteiger partial charge in [0.1, 0.15) is 47.5 Å². The Balaban J connectivity index is 0.000000268. The third-order valence-electron chi connectivity index (χ3n) is 16.7. The van der Waals surface area contributed by atoms with Gasteiger partial charge in [-0.1, -0.05) is 12.1 Å². The number of nitrogens with one attached hydrogen (secondary N) is 4. The lowest BCUT2D eigenvalue weighted by Crippen LogP contribution is -2.50. The van der Waals surface area contributed by atoms with Crippen molar-refractivity contribution < 1.29 is 96.0 Å². The molecule has 524 valence electrons. The average molecular weight is 1410 g/mol. The SMILES string of the molecule is CNCC(=O)NCCOCCOc1cc(C2=NC3(CCN(S(=O)(=O)CCc4ccc(C(=O)O)cc4C)CC3)C(=O)N2)cc(C(F)(F)F)c1.Cc1cc2ccc1CCS(=O)(=O)N1CCC3(CC1)N=C(NC3=O)c1cc(cc(C(F)(F)F)c1)OCCOCCCC(=O)CN(C)C2=O.Cl. The molecule has 7 aliphatic rings. The predicted molar refractivity (Wildman–Crippen MR) is 342 cm³/mol. The Hall–Kier alpha value is -7.59.